The minimum Gasteiger partial charge on any atom is -0.478 e. The highest BCUT2D eigenvalue weighted by Gasteiger charge is 2.15. The molecule has 0 radical (unpaired) electrons. The molecule has 1 aromatic heterocycles. The largest absolute Gasteiger partial charge is 0.478 e. The molecule has 0 saturated carbocycles. The summed E-state index contributed by atoms with van der Waals surface area (Å²) in [5.74, 6) is -0.517. The molecule has 0 atom stereocenters. The van der Waals surface area contributed by atoms with Gasteiger partial charge in [-0.3, -0.25) is 4.90 Å². The predicted octanol–water partition coefficient (Wildman–Crippen LogP) is 2.15. The number of carboxylic acid groups (broad SMARTS) is 1. The zero-order chi connectivity index (χ0) is 12.0. The lowest BCUT2D eigenvalue weighted by Gasteiger charge is -2.17. The molecule has 0 aliphatic carbocycles. The number of carbonyl (C=O) groups is 1. The topological polar surface area (TPSA) is 53.7 Å². The average molecular weight is 221 g/mol. The van der Waals surface area contributed by atoms with Crippen LogP contribution in [0.2, 0.25) is 0 Å². The minimum absolute atomic E-state index is 0.207. The van der Waals surface area contributed by atoms with Crippen molar-refractivity contribution in [3.63, 3.8) is 0 Å². The smallest absolute Gasteiger partial charge is 0.339 e. The Labute approximate surface area is 94.5 Å². The van der Waals surface area contributed by atoms with Gasteiger partial charge in [-0.15, -0.1) is 13.2 Å². The molecule has 0 aromatic carbocycles. The molecule has 16 heavy (non-hydrogen) atoms. The minimum atomic E-state index is -0.971. The Morgan fingerprint density at radius 1 is 1.44 bits per heavy atom. The normalized spacial score (nSPS) is 10.3. The van der Waals surface area contributed by atoms with Gasteiger partial charge in [-0.2, -0.15) is 0 Å². The van der Waals surface area contributed by atoms with E-state index in [0.29, 0.717) is 25.4 Å². The summed E-state index contributed by atoms with van der Waals surface area (Å²) >= 11 is 0. The van der Waals surface area contributed by atoms with E-state index in [4.69, 9.17) is 9.52 Å². The molecule has 4 heteroatoms. The van der Waals surface area contributed by atoms with Gasteiger partial charge >= 0.3 is 5.97 Å². The van der Waals surface area contributed by atoms with Crippen LogP contribution in [-0.4, -0.2) is 29.1 Å². The van der Waals surface area contributed by atoms with Crippen LogP contribution in [0.25, 0.3) is 0 Å². The van der Waals surface area contributed by atoms with E-state index in [2.05, 4.69) is 13.2 Å². The Bertz CT molecular complexity index is 371. The van der Waals surface area contributed by atoms with E-state index in [0.717, 1.165) is 0 Å². The zero-order valence-electron chi connectivity index (χ0n) is 9.06. The molecule has 86 valence electrons. The highest BCUT2D eigenvalue weighted by molar-refractivity contribution is 5.88. The third-order valence-corrected chi connectivity index (χ3v) is 2.12. The Morgan fingerprint density at radius 3 is 2.56 bits per heavy atom. The van der Waals surface area contributed by atoms with Crippen LogP contribution < -0.4 is 0 Å². The fourth-order valence-electron chi connectivity index (χ4n) is 1.43. The van der Waals surface area contributed by atoms with Gasteiger partial charge in [0.2, 0.25) is 0 Å². The summed E-state index contributed by atoms with van der Waals surface area (Å²) in [6.45, 7) is 9.05. The van der Waals surface area contributed by atoms with Crippen LogP contribution in [0.1, 0.15) is 16.1 Å². The van der Waals surface area contributed by atoms with E-state index in [1.165, 1.54) is 12.3 Å². The molecule has 1 aromatic rings. The Hall–Kier alpha value is -1.81. The third kappa shape index (κ3) is 3.10. The van der Waals surface area contributed by atoms with Crippen LogP contribution in [-0.2, 0) is 6.54 Å². The molecule has 0 aliphatic heterocycles. The van der Waals surface area contributed by atoms with Crippen LogP contribution in [0.3, 0.4) is 0 Å². The monoisotopic (exact) mass is 221 g/mol. The molecule has 0 fully saturated rings. The SMILES string of the molecule is C=CCN(CC=C)Cc1occc1C(=O)O. The summed E-state index contributed by atoms with van der Waals surface area (Å²) < 4.78 is 5.16. The van der Waals surface area contributed by atoms with Crippen LogP contribution in [0.5, 0.6) is 0 Å². The molecule has 0 bridgehead atoms. The first-order valence-corrected chi connectivity index (χ1v) is 4.92. The first-order valence-electron chi connectivity index (χ1n) is 4.92. The molecule has 0 saturated heterocycles. The second-order valence-electron chi connectivity index (χ2n) is 3.33. The van der Waals surface area contributed by atoms with Gasteiger partial charge in [0.15, 0.2) is 0 Å². The maximum Gasteiger partial charge on any atom is 0.339 e. The molecular weight excluding hydrogens is 206 g/mol. The number of carboxylic acids is 1. The maximum absolute atomic E-state index is 10.9. The second-order valence-corrected chi connectivity index (χ2v) is 3.33. The Kier molecular flexibility index (Phi) is 4.54. The van der Waals surface area contributed by atoms with Crippen LogP contribution in [0, 0.1) is 0 Å². The second kappa shape index (κ2) is 5.92. The van der Waals surface area contributed by atoms with Gasteiger partial charge in [0, 0.05) is 13.1 Å². The lowest BCUT2D eigenvalue weighted by Crippen LogP contribution is -2.23. The first kappa shape index (κ1) is 12.3. The number of hydrogen-bond donors (Lipinski definition) is 1. The average Bonchev–Trinajstić information content (AvgIpc) is 2.66. The zero-order valence-corrected chi connectivity index (χ0v) is 9.06. The lowest BCUT2D eigenvalue weighted by molar-refractivity contribution is 0.0693. The van der Waals surface area contributed by atoms with Gasteiger partial charge in [0.25, 0.3) is 0 Å². The van der Waals surface area contributed by atoms with Crippen molar-refractivity contribution in [2.75, 3.05) is 13.1 Å². The number of rotatable bonds is 7. The summed E-state index contributed by atoms with van der Waals surface area (Å²) in [4.78, 5) is 12.8. The van der Waals surface area contributed by atoms with E-state index in [-0.39, 0.29) is 5.56 Å². The highest BCUT2D eigenvalue weighted by Crippen LogP contribution is 2.13. The molecule has 1 N–H and O–H groups in total. The standard InChI is InChI=1S/C12H15NO3/c1-3-6-13(7-4-2)9-11-10(12(14)15)5-8-16-11/h3-5,8H,1-2,6-7,9H2,(H,14,15). The summed E-state index contributed by atoms with van der Waals surface area (Å²) in [6.07, 6.45) is 4.90. The Morgan fingerprint density at radius 2 is 2.06 bits per heavy atom. The lowest BCUT2D eigenvalue weighted by atomic mass is 10.2. The van der Waals surface area contributed by atoms with E-state index >= 15 is 0 Å². The molecule has 1 heterocycles. The van der Waals surface area contributed by atoms with E-state index < -0.39 is 5.97 Å². The molecule has 4 nitrogen and oxygen atoms in total. The van der Waals surface area contributed by atoms with Gasteiger partial charge < -0.3 is 9.52 Å². The van der Waals surface area contributed by atoms with Gasteiger partial charge in [-0.1, -0.05) is 12.2 Å². The first-order chi connectivity index (χ1) is 7.69. The van der Waals surface area contributed by atoms with Gasteiger partial charge in [-0.05, 0) is 6.07 Å². The molecule has 0 amide bonds. The van der Waals surface area contributed by atoms with Crippen molar-refractivity contribution in [1.29, 1.82) is 0 Å². The quantitative estimate of drug-likeness (QED) is 0.717. The fraction of sp³-hybridized carbons (Fsp3) is 0.250. The van der Waals surface area contributed by atoms with Crippen molar-refractivity contribution in [3.05, 3.63) is 49.0 Å². The number of furan rings is 1. The number of hydrogen-bond acceptors (Lipinski definition) is 3. The summed E-state index contributed by atoms with van der Waals surface area (Å²) in [6, 6.07) is 1.46. The van der Waals surface area contributed by atoms with E-state index in [1.54, 1.807) is 12.2 Å². The number of nitrogens with zero attached hydrogens (tertiary/aromatic N) is 1. The van der Waals surface area contributed by atoms with Crippen molar-refractivity contribution in [2.45, 2.75) is 6.54 Å². The van der Waals surface area contributed by atoms with E-state index in [1.807, 2.05) is 4.90 Å². The summed E-state index contributed by atoms with van der Waals surface area (Å²) in [5.41, 5.74) is 0.207. The van der Waals surface area contributed by atoms with E-state index in [9.17, 15) is 4.79 Å². The van der Waals surface area contributed by atoms with Crippen molar-refractivity contribution >= 4 is 5.97 Å². The number of aromatic carboxylic acids is 1. The third-order valence-electron chi connectivity index (χ3n) is 2.12. The van der Waals surface area contributed by atoms with Crippen molar-refractivity contribution in [1.82, 2.24) is 4.90 Å². The molecule has 1 rings (SSSR count). The molecule has 0 spiro atoms. The van der Waals surface area contributed by atoms with Crippen molar-refractivity contribution < 1.29 is 14.3 Å². The van der Waals surface area contributed by atoms with Crippen molar-refractivity contribution in [2.24, 2.45) is 0 Å². The van der Waals surface area contributed by atoms with Gasteiger partial charge in [-0.25, -0.2) is 4.79 Å². The van der Waals surface area contributed by atoms with Gasteiger partial charge in [0.1, 0.15) is 11.3 Å². The summed E-state index contributed by atoms with van der Waals surface area (Å²) in [7, 11) is 0. The van der Waals surface area contributed by atoms with Crippen LogP contribution in [0.15, 0.2) is 42.1 Å². The molecule has 0 aliphatic rings. The van der Waals surface area contributed by atoms with Crippen LogP contribution >= 0.6 is 0 Å². The predicted molar refractivity (Wildman–Crippen MR) is 61.3 cm³/mol. The fourth-order valence-corrected chi connectivity index (χ4v) is 1.43. The molecular formula is C12H15NO3. The maximum atomic E-state index is 10.9. The highest BCUT2D eigenvalue weighted by atomic mass is 16.4. The van der Waals surface area contributed by atoms with Crippen LogP contribution in [0.4, 0.5) is 0 Å². The molecule has 0 unspecified atom stereocenters. The summed E-state index contributed by atoms with van der Waals surface area (Å²) in [5, 5.41) is 8.91. The Balaban J connectivity index is 2.75. The van der Waals surface area contributed by atoms with Crippen molar-refractivity contribution in [3.8, 4) is 0 Å². The van der Waals surface area contributed by atoms with Gasteiger partial charge in [0.05, 0.1) is 12.8 Å².